The van der Waals surface area contributed by atoms with Gasteiger partial charge in [0.15, 0.2) is 5.78 Å². The van der Waals surface area contributed by atoms with Crippen LogP contribution >= 0.6 is 11.6 Å². The number of ketones is 1. The molecule has 0 amide bonds. The van der Waals surface area contributed by atoms with Crippen LogP contribution in [0.25, 0.3) is 11.0 Å². The molecular formula is C28H25ClN4O5. The molecule has 0 unspecified atom stereocenters. The van der Waals surface area contributed by atoms with E-state index in [2.05, 4.69) is 21.4 Å². The maximum Gasteiger partial charge on any atom is 0.196 e. The van der Waals surface area contributed by atoms with Crippen molar-refractivity contribution in [3.05, 3.63) is 82.6 Å². The topological polar surface area (TPSA) is 129 Å². The minimum absolute atomic E-state index is 0.109. The van der Waals surface area contributed by atoms with E-state index in [0.717, 1.165) is 0 Å². The van der Waals surface area contributed by atoms with Gasteiger partial charge in [-0.15, -0.1) is 0 Å². The fourth-order valence-corrected chi connectivity index (χ4v) is 4.83. The van der Waals surface area contributed by atoms with Crippen LogP contribution in [0.4, 0.5) is 5.69 Å². The third kappa shape index (κ3) is 5.08. The number of rotatable bonds is 8. The molecule has 1 fully saturated rings. The SMILES string of the molecule is CO[C@@H]1C[C@@H](CO)OC[C@@H]1Nc1c(C#N)cnc2[nH]cc(C(=O)c3ccc(Oc4ccccc4)cc3Cl)c12. The molecular weight excluding hydrogens is 508 g/mol. The number of methoxy groups -OCH3 is 1. The van der Waals surface area contributed by atoms with Crippen molar-refractivity contribution in [2.75, 3.05) is 25.6 Å². The van der Waals surface area contributed by atoms with Crippen molar-refractivity contribution in [1.29, 1.82) is 5.26 Å². The molecule has 2 aromatic heterocycles. The molecule has 3 heterocycles. The Morgan fingerprint density at radius 2 is 2.08 bits per heavy atom. The van der Waals surface area contributed by atoms with Gasteiger partial charge in [-0.1, -0.05) is 29.8 Å². The molecule has 3 atom stereocenters. The highest BCUT2D eigenvalue weighted by molar-refractivity contribution is 6.36. The summed E-state index contributed by atoms with van der Waals surface area (Å²) in [5, 5.41) is 23.4. The van der Waals surface area contributed by atoms with Gasteiger partial charge in [-0.3, -0.25) is 4.79 Å². The molecule has 5 rings (SSSR count). The molecule has 10 heteroatoms. The number of anilines is 1. The number of H-pyrrole nitrogens is 1. The van der Waals surface area contributed by atoms with E-state index in [-0.39, 0.29) is 53.4 Å². The molecule has 0 aliphatic carbocycles. The van der Waals surface area contributed by atoms with E-state index in [1.807, 2.05) is 30.3 Å². The zero-order valence-corrected chi connectivity index (χ0v) is 21.2. The number of nitrogens with zero attached hydrogens (tertiary/aromatic N) is 2. The Kier molecular flexibility index (Phi) is 7.58. The fourth-order valence-electron chi connectivity index (χ4n) is 4.57. The lowest BCUT2D eigenvalue weighted by atomic mass is 9.98. The van der Waals surface area contributed by atoms with Crippen LogP contribution < -0.4 is 10.1 Å². The van der Waals surface area contributed by atoms with Gasteiger partial charge in [0.2, 0.25) is 0 Å². The van der Waals surface area contributed by atoms with Crippen molar-refractivity contribution in [1.82, 2.24) is 9.97 Å². The van der Waals surface area contributed by atoms with E-state index in [1.165, 1.54) is 6.20 Å². The number of hydrogen-bond donors (Lipinski definition) is 3. The van der Waals surface area contributed by atoms with Gasteiger partial charge in [-0.2, -0.15) is 5.26 Å². The average molecular weight is 533 g/mol. The largest absolute Gasteiger partial charge is 0.457 e. The number of carbonyl (C=O) groups is 1. The lowest BCUT2D eigenvalue weighted by Gasteiger charge is -2.36. The lowest BCUT2D eigenvalue weighted by molar-refractivity contribution is -0.0830. The van der Waals surface area contributed by atoms with Gasteiger partial charge in [0, 0.05) is 37.6 Å². The van der Waals surface area contributed by atoms with Crippen LogP contribution in [0.15, 0.2) is 60.9 Å². The van der Waals surface area contributed by atoms with Crippen LogP contribution in [0.2, 0.25) is 5.02 Å². The minimum atomic E-state index is -0.337. The van der Waals surface area contributed by atoms with Crippen LogP contribution in [0.5, 0.6) is 11.5 Å². The number of aromatic nitrogens is 2. The van der Waals surface area contributed by atoms with Crippen LogP contribution in [0.3, 0.4) is 0 Å². The normalized spacial score (nSPS) is 19.2. The molecule has 4 aromatic rings. The molecule has 38 heavy (non-hydrogen) atoms. The Labute approximate surface area is 223 Å². The molecule has 0 bridgehead atoms. The summed E-state index contributed by atoms with van der Waals surface area (Å²) in [6, 6.07) is 16.0. The van der Waals surface area contributed by atoms with E-state index >= 15 is 0 Å². The molecule has 3 N–H and O–H groups in total. The summed E-state index contributed by atoms with van der Waals surface area (Å²) in [6.07, 6.45) is 2.88. The monoisotopic (exact) mass is 532 g/mol. The summed E-state index contributed by atoms with van der Waals surface area (Å²) in [4.78, 5) is 21.1. The van der Waals surface area contributed by atoms with E-state index in [1.54, 1.807) is 31.5 Å². The molecule has 0 radical (unpaired) electrons. The highest BCUT2D eigenvalue weighted by atomic mass is 35.5. The van der Waals surface area contributed by atoms with Crippen molar-refractivity contribution in [3.63, 3.8) is 0 Å². The molecule has 1 aliphatic rings. The second kappa shape index (κ2) is 11.2. The molecule has 2 aromatic carbocycles. The number of aliphatic hydroxyl groups excluding tert-OH is 1. The first-order chi connectivity index (χ1) is 18.5. The number of halogens is 1. The van der Waals surface area contributed by atoms with E-state index in [4.69, 9.17) is 25.8 Å². The molecule has 1 aliphatic heterocycles. The standard InChI is InChI=1S/C28H25ClN4O5/c1-36-24-10-19(14-34)37-15-23(24)33-26-16(11-30)12-31-28-25(26)21(13-32-28)27(35)20-8-7-18(9-22(20)29)38-17-5-3-2-4-6-17/h2-9,12-13,19,23-24,34H,10,14-15H2,1H3,(H2,31,32,33)/t19-,23-,24+/m0/s1. The van der Waals surface area contributed by atoms with Crippen molar-refractivity contribution in [2.45, 2.75) is 24.7 Å². The third-order valence-electron chi connectivity index (χ3n) is 6.52. The van der Waals surface area contributed by atoms with E-state index in [9.17, 15) is 15.2 Å². The van der Waals surface area contributed by atoms with Gasteiger partial charge in [-0.25, -0.2) is 4.98 Å². The number of hydrogen-bond acceptors (Lipinski definition) is 8. The number of ether oxygens (including phenoxy) is 3. The number of aromatic amines is 1. The number of para-hydroxylation sites is 1. The summed E-state index contributed by atoms with van der Waals surface area (Å²) in [6.45, 7) is 0.142. The van der Waals surface area contributed by atoms with E-state index < -0.39 is 0 Å². The lowest BCUT2D eigenvalue weighted by Crippen LogP contribution is -2.47. The maximum absolute atomic E-state index is 13.7. The Morgan fingerprint density at radius 1 is 1.26 bits per heavy atom. The Morgan fingerprint density at radius 3 is 2.79 bits per heavy atom. The number of nitrogens with one attached hydrogen (secondary N) is 2. The van der Waals surface area contributed by atoms with Crippen LogP contribution in [-0.4, -0.2) is 59.4 Å². The second-order valence-electron chi connectivity index (χ2n) is 8.87. The van der Waals surface area contributed by atoms with Crippen molar-refractivity contribution in [3.8, 4) is 17.6 Å². The fraction of sp³-hybridized carbons (Fsp3) is 0.250. The number of benzene rings is 2. The first kappa shape index (κ1) is 25.7. The smallest absolute Gasteiger partial charge is 0.196 e. The first-order valence-corrected chi connectivity index (χ1v) is 12.4. The van der Waals surface area contributed by atoms with Crippen LogP contribution in [-0.2, 0) is 9.47 Å². The summed E-state index contributed by atoms with van der Waals surface area (Å²) < 4.78 is 17.2. The number of fused-ring (bicyclic) bond motifs is 1. The van der Waals surface area contributed by atoms with Crippen LogP contribution in [0.1, 0.15) is 27.9 Å². The Bertz CT molecular complexity index is 1500. The molecule has 0 saturated carbocycles. The predicted molar refractivity (Wildman–Crippen MR) is 142 cm³/mol. The summed E-state index contributed by atoms with van der Waals surface area (Å²) in [5.41, 5.74) is 1.74. The zero-order valence-electron chi connectivity index (χ0n) is 20.5. The van der Waals surface area contributed by atoms with Crippen LogP contribution in [0, 0.1) is 11.3 Å². The summed E-state index contributed by atoms with van der Waals surface area (Å²) in [7, 11) is 1.59. The van der Waals surface area contributed by atoms with E-state index in [0.29, 0.717) is 40.2 Å². The molecule has 9 nitrogen and oxygen atoms in total. The highest BCUT2D eigenvalue weighted by Crippen LogP contribution is 2.34. The van der Waals surface area contributed by atoms with Crippen molar-refractivity contribution < 1.29 is 24.1 Å². The Balaban J connectivity index is 1.49. The average Bonchev–Trinajstić information content (AvgIpc) is 3.38. The Hall–Kier alpha value is -3.94. The van der Waals surface area contributed by atoms with Gasteiger partial charge in [0.25, 0.3) is 0 Å². The van der Waals surface area contributed by atoms with Gasteiger partial charge in [0.05, 0.1) is 58.7 Å². The summed E-state index contributed by atoms with van der Waals surface area (Å²) in [5.74, 6) is 0.809. The third-order valence-corrected chi connectivity index (χ3v) is 6.83. The maximum atomic E-state index is 13.7. The predicted octanol–water partition coefficient (Wildman–Crippen LogP) is 4.69. The van der Waals surface area contributed by atoms with Crippen molar-refractivity contribution >= 4 is 34.1 Å². The minimum Gasteiger partial charge on any atom is -0.457 e. The molecule has 0 spiro atoms. The zero-order chi connectivity index (χ0) is 26.6. The van der Waals surface area contributed by atoms with Gasteiger partial charge >= 0.3 is 0 Å². The second-order valence-corrected chi connectivity index (χ2v) is 9.28. The molecule has 194 valence electrons. The van der Waals surface area contributed by atoms with Gasteiger partial charge in [0.1, 0.15) is 23.2 Å². The van der Waals surface area contributed by atoms with Gasteiger partial charge in [-0.05, 0) is 24.3 Å². The quantitative estimate of drug-likeness (QED) is 0.279. The number of aliphatic hydroxyl groups is 1. The number of carbonyl (C=O) groups excluding carboxylic acids is 1. The van der Waals surface area contributed by atoms with Gasteiger partial charge < -0.3 is 29.6 Å². The number of pyridine rings is 1. The van der Waals surface area contributed by atoms with Crippen molar-refractivity contribution in [2.24, 2.45) is 0 Å². The first-order valence-electron chi connectivity index (χ1n) is 12.0. The summed E-state index contributed by atoms with van der Waals surface area (Å²) >= 11 is 6.53. The molecule has 1 saturated heterocycles. The number of nitriles is 1. The highest BCUT2D eigenvalue weighted by Gasteiger charge is 2.33.